The van der Waals surface area contributed by atoms with Gasteiger partial charge >= 0.3 is 0 Å². The first-order valence-corrected chi connectivity index (χ1v) is 24.4. The molecular formula is C55H68N2O. The molecule has 3 nitrogen and oxygen atoms in total. The first-order chi connectivity index (χ1) is 28.8. The van der Waals surface area contributed by atoms with Crippen molar-refractivity contribution in [3.8, 4) is 0 Å². The Bertz CT molecular complexity index is 1930. The van der Waals surface area contributed by atoms with Gasteiger partial charge in [-0.25, -0.2) is 0 Å². The van der Waals surface area contributed by atoms with Gasteiger partial charge in [-0.15, -0.1) is 0 Å². The second kappa shape index (κ2) is 15.1. The summed E-state index contributed by atoms with van der Waals surface area (Å²) in [5.41, 5.74) is 3.34. The molecule has 0 aromatic rings. The van der Waals surface area contributed by atoms with Gasteiger partial charge in [0.1, 0.15) is 0 Å². The predicted molar refractivity (Wildman–Crippen MR) is 237 cm³/mol. The van der Waals surface area contributed by atoms with Gasteiger partial charge in [0.05, 0.1) is 18.2 Å². The lowest BCUT2D eigenvalue weighted by atomic mass is 9.56. The monoisotopic (exact) mass is 773 g/mol. The van der Waals surface area contributed by atoms with Crippen LogP contribution in [-0.2, 0) is 4.74 Å². The Kier molecular flexibility index (Phi) is 9.55. The number of rotatable bonds is 6. The van der Waals surface area contributed by atoms with E-state index < -0.39 is 0 Å². The Labute approximate surface area is 349 Å². The van der Waals surface area contributed by atoms with Gasteiger partial charge in [-0.05, 0) is 167 Å². The molecule has 16 unspecified atom stereocenters. The summed E-state index contributed by atoms with van der Waals surface area (Å²) in [6.45, 7) is 0. The van der Waals surface area contributed by atoms with Crippen molar-refractivity contribution in [2.75, 3.05) is 0 Å². The molecule has 1 saturated heterocycles. The minimum atomic E-state index is 0.202. The van der Waals surface area contributed by atoms with E-state index in [0.717, 1.165) is 6.42 Å². The first kappa shape index (κ1) is 36.7. The minimum absolute atomic E-state index is 0.202. The molecule has 11 aliphatic carbocycles. The maximum atomic E-state index is 7.22. The van der Waals surface area contributed by atoms with Crippen molar-refractivity contribution in [3.63, 3.8) is 0 Å². The second-order valence-electron chi connectivity index (χ2n) is 20.7. The van der Waals surface area contributed by atoms with Gasteiger partial charge in [0.2, 0.25) is 0 Å². The normalized spacial score (nSPS) is 47.7. The quantitative estimate of drug-likeness (QED) is 0.250. The number of fused-ring (bicyclic) bond motifs is 13. The maximum Gasteiger partial charge on any atom is 0.0822 e. The zero-order valence-electron chi connectivity index (χ0n) is 34.9. The number of hydrogen-bond acceptors (Lipinski definition) is 3. The van der Waals surface area contributed by atoms with Crippen molar-refractivity contribution >= 4 is 0 Å². The lowest BCUT2D eigenvalue weighted by Crippen LogP contribution is -2.55. The molecule has 3 heteroatoms. The fourth-order valence-electron chi connectivity index (χ4n) is 16.6. The first-order valence-electron chi connectivity index (χ1n) is 24.4. The lowest BCUT2D eigenvalue weighted by molar-refractivity contribution is -0.0138. The van der Waals surface area contributed by atoms with Gasteiger partial charge in [-0.2, -0.15) is 0 Å². The highest BCUT2D eigenvalue weighted by Crippen LogP contribution is 2.75. The predicted octanol–water partition coefficient (Wildman–Crippen LogP) is 12.1. The Morgan fingerprint density at radius 1 is 0.586 bits per heavy atom. The van der Waals surface area contributed by atoms with Crippen LogP contribution in [-0.4, -0.2) is 46.2 Å². The van der Waals surface area contributed by atoms with Crippen molar-refractivity contribution in [2.24, 2.45) is 64.6 Å². The van der Waals surface area contributed by atoms with Crippen LogP contribution in [0.2, 0.25) is 0 Å². The van der Waals surface area contributed by atoms with E-state index in [-0.39, 0.29) is 5.41 Å². The molecule has 304 valence electrons. The number of allylic oxidation sites excluding steroid dienone is 16. The molecular weight excluding hydrogens is 705 g/mol. The van der Waals surface area contributed by atoms with Gasteiger partial charge < -0.3 is 9.64 Å². The van der Waals surface area contributed by atoms with Crippen LogP contribution >= 0.6 is 0 Å². The van der Waals surface area contributed by atoms with Crippen LogP contribution < -0.4 is 0 Å². The van der Waals surface area contributed by atoms with Crippen LogP contribution in [0, 0.1) is 64.6 Å². The number of hydrogen-bond donors (Lipinski definition) is 0. The molecule has 0 N–H and O–H groups in total. The molecule has 1 aliphatic heterocycles. The Hall–Kier alpha value is -3.14. The average Bonchev–Trinajstić information content (AvgIpc) is 3.93. The van der Waals surface area contributed by atoms with Crippen LogP contribution in [0.5, 0.6) is 0 Å². The highest BCUT2D eigenvalue weighted by atomic mass is 16.5. The molecule has 1 heterocycles. The fraction of sp³-hybridized carbons (Fsp3) is 0.600. The molecule has 0 amide bonds. The maximum absolute atomic E-state index is 7.22. The molecule has 0 bridgehead atoms. The van der Waals surface area contributed by atoms with E-state index in [1.165, 1.54) is 102 Å². The topological polar surface area (TPSA) is 15.7 Å². The molecule has 12 aliphatic rings. The van der Waals surface area contributed by atoms with Gasteiger partial charge in [0.25, 0.3) is 0 Å². The fourth-order valence-corrected chi connectivity index (χ4v) is 16.6. The summed E-state index contributed by atoms with van der Waals surface area (Å²) < 4.78 is 7.22. The summed E-state index contributed by atoms with van der Waals surface area (Å²) in [6.07, 6.45) is 72.5. The van der Waals surface area contributed by atoms with Crippen LogP contribution in [0.15, 0.2) is 133 Å². The van der Waals surface area contributed by atoms with Crippen LogP contribution in [0.1, 0.15) is 103 Å². The Balaban J connectivity index is 0.978. The second-order valence-corrected chi connectivity index (χ2v) is 20.7. The molecule has 0 radical (unpaired) electrons. The molecule has 58 heavy (non-hydrogen) atoms. The third kappa shape index (κ3) is 5.63. The van der Waals surface area contributed by atoms with Crippen molar-refractivity contribution in [2.45, 2.75) is 139 Å². The summed E-state index contributed by atoms with van der Waals surface area (Å²) in [5.74, 6) is 6.19. The SMILES string of the molecule is C1=CCC(N(C2CC=CCC2)[C@@H]2CC=CC3C2C2C=CCCC2C32C3C=CC=CC3C3C=CC(N(C4=CCCCC4)C4CCCC5C6CCC=CC6OC54)=CC32)C=C1. The van der Waals surface area contributed by atoms with E-state index >= 15 is 0 Å². The summed E-state index contributed by atoms with van der Waals surface area (Å²) in [6, 6.07) is 2.14. The van der Waals surface area contributed by atoms with Gasteiger partial charge in [0.15, 0.2) is 0 Å². The van der Waals surface area contributed by atoms with E-state index in [9.17, 15) is 0 Å². The van der Waals surface area contributed by atoms with Crippen molar-refractivity contribution in [3.05, 3.63) is 133 Å². The summed E-state index contributed by atoms with van der Waals surface area (Å²) >= 11 is 0. The minimum Gasteiger partial charge on any atom is -0.368 e. The van der Waals surface area contributed by atoms with Gasteiger partial charge in [-0.3, -0.25) is 4.90 Å². The van der Waals surface area contributed by atoms with E-state index in [1.54, 1.807) is 5.70 Å². The van der Waals surface area contributed by atoms with E-state index in [0.29, 0.717) is 95.6 Å². The third-order valence-electron chi connectivity index (χ3n) is 18.4. The Morgan fingerprint density at radius 2 is 1.48 bits per heavy atom. The van der Waals surface area contributed by atoms with Crippen LogP contribution in [0.4, 0.5) is 0 Å². The largest absolute Gasteiger partial charge is 0.368 e. The highest BCUT2D eigenvalue weighted by molar-refractivity contribution is 5.42. The molecule has 17 atom stereocenters. The zero-order chi connectivity index (χ0) is 38.2. The van der Waals surface area contributed by atoms with Crippen LogP contribution in [0.25, 0.3) is 0 Å². The van der Waals surface area contributed by atoms with E-state index in [2.05, 4.69) is 131 Å². The van der Waals surface area contributed by atoms with E-state index in [4.69, 9.17) is 4.74 Å². The molecule has 3 saturated carbocycles. The van der Waals surface area contributed by atoms with Crippen molar-refractivity contribution in [1.82, 2.24) is 9.80 Å². The molecule has 4 fully saturated rings. The number of nitrogens with zero attached hydrogens (tertiary/aromatic N) is 2. The molecule has 0 aromatic heterocycles. The van der Waals surface area contributed by atoms with Crippen LogP contribution in [0.3, 0.4) is 0 Å². The van der Waals surface area contributed by atoms with Crippen molar-refractivity contribution < 1.29 is 4.74 Å². The third-order valence-corrected chi connectivity index (χ3v) is 18.4. The van der Waals surface area contributed by atoms with E-state index in [1.807, 2.05) is 0 Å². The molecule has 0 aromatic carbocycles. The summed E-state index contributed by atoms with van der Waals surface area (Å²) in [4.78, 5) is 6.05. The van der Waals surface area contributed by atoms with Crippen molar-refractivity contribution in [1.29, 1.82) is 0 Å². The summed E-state index contributed by atoms with van der Waals surface area (Å²) in [7, 11) is 0. The Morgan fingerprint density at radius 3 is 2.38 bits per heavy atom. The van der Waals surface area contributed by atoms with Gasteiger partial charge in [0, 0.05) is 29.5 Å². The number of ether oxygens (including phenoxy) is 1. The average molecular weight is 773 g/mol. The molecule has 12 rings (SSSR count). The zero-order valence-corrected chi connectivity index (χ0v) is 34.9. The molecule has 1 spiro atoms. The highest BCUT2D eigenvalue weighted by Gasteiger charge is 2.71. The standard InChI is InChI=1S/C55H68N2O/c1-4-18-37(19-5-1)56(38-20-6-2-7-21-38)50-31-17-30-48-53(50)45-26-11-14-29-47(45)55(48)46-28-13-10-24-41(46)42-35-34-40(36-49(42)55)57(39-22-8-3-9-23-39)51-32-16-27-44-43-25-12-15-33-52(43)58-54(44)51/h1-2,4-6,10-11,13,15,17-18,22,24,26,28,30,33-38,41-54H,3,7-9,12,14,16,19-21,23,25,27,29,31-32H2/t37?,38?,41?,42?,43?,44?,45?,46?,47?,48?,49?,50-,51?,52?,53?,54?,55?/m1/s1. The lowest BCUT2D eigenvalue weighted by Gasteiger charge is -2.51. The van der Waals surface area contributed by atoms with Gasteiger partial charge in [-0.1, -0.05) is 122 Å². The summed E-state index contributed by atoms with van der Waals surface area (Å²) in [5, 5.41) is 0. The smallest absolute Gasteiger partial charge is 0.0822 e.